The lowest BCUT2D eigenvalue weighted by molar-refractivity contribution is -0.118. The van der Waals surface area contributed by atoms with Gasteiger partial charge in [-0.2, -0.15) is 0 Å². The molecule has 0 unspecified atom stereocenters. The van der Waals surface area contributed by atoms with Gasteiger partial charge in [0.2, 0.25) is 0 Å². The van der Waals surface area contributed by atoms with E-state index in [0.29, 0.717) is 5.75 Å². The van der Waals surface area contributed by atoms with Gasteiger partial charge in [-0.1, -0.05) is 36.0 Å². The maximum absolute atomic E-state index is 12.5. The van der Waals surface area contributed by atoms with Crippen LogP contribution in [0.4, 0.5) is 5.69 Å². The number of benzene rings is 2. The molecule has 5 rings (SSSR count). The summed E-state index contributed by atoms with van der Waals surface area (Å²) in [7, 11) is 0. The highest BCUT2D eigenvalue weighted by atomic mass is 32.2. The number of ether oxygens (including phenoxy) is 2. The molecule has 2 aromatic carbocycles. The molecule has 2 aliphatic heterocycles. The van der Waals surface area contributed by atoms with Gasteiger partial charge >= 0.3 is 0 Å². The predicted octanol–water partition coefficient (Wildman–Crippen LogP) is 4.39. The van der Waals surface area contributed by atoms with Gasteiger partial charge in [0.15, 0.2) is 23.3 Å². The second-order valence-corrected chi connectivity index (χ2v) is 9.21. The number of carbonyl (C=O) groups is 1. The summed E-state index contributed by atoms with van der Waals surface area (Å²) in [6.07, 6.45) is 2.89. The van der Waals surface area contributed by atoms with Gasteiger partial charge in [-0.05, 0) is 32.0 Å². The molecule has 2 aliphatic rings. The van der Waals surface area contributed by atoms with Crippen LogP contribution in [0.3, 0.4) is 0 Å². The normalized spacial score (nSPS) is 15.9. The van der Waals surface area contributed by atoms with Crippen molar-refractivity contribution in [3.63, 3.8) is 0 Å². The molecule has 1 N–H and O–H groups in total. The molecule has 0 fully saturated rings. The van der Waals surface area contributed by atoms with Crippen LogP contribution >= 0.6 is 11.8 Å². The Hall–Kier alpha value is -2.93. The van der Waals surface area contributed by atoms with Crippen molar-refractivity contribution in [2.75, 3.05) is 17.7 Å². The van der Waals surface area contributed by atoms with Gasteiger partial charge in [-0.25, -0.2) is 4.98 Å². The van der Waals surface area contributed by atoms with Gasteiger partial charge in [0.25, 0.3) is 5.91 Å². The quantitative estimate of drug-likeness (QED) is 0.662. The van der Waals surface area contributed by atoms with E-state index in [9.17, 15) is 4.79 Å². The number of hydrogen-bond donors (Lipinski definition) is 1. The van der Waals surface area contributed by atoms with Crippen molar-refractivity contribution in [1.29, 1.82) is 0 Å². The molecule has 3 aromatic rings. The number of thioether (sulfide) groups is 1. The first-order chi connectivity index (χ1) is 14.5. The van der Waals surface area contributed by atoms with E-state index < -0.39 is 0 Å². The number of aryl methyl sites for hydroxylation is 1. The SMILES string of the molecule is CC1(C)Cc2cccc(OCC(=O)Nc3cccc(-c4cn5c(n4)SCC5)c3)c2O1. The number of para-hydroxylation sites is 1. The number of aromatic nitrogens is 2. The zero-order valence-corrected chi connectivity index (χ0v) is 17.8. The molecule has 0 bridgehead atoms. The lowest BCUT2D eigenvalue weighted by atomic mass is 10.0. The number of amides is 1. The Bertz CT molecular complexity index is 1100. The highest BCUT2D eigenvalue weighted by Gasteiger charge is 2.32. The molecular weight excluding hydrogens is 398 g/mol. The second-order valence-electron chi connectivity index (χ2n) is 8.15. The number of nitrogens with zero attached hydrogens (tertiary/aromatic N) is 2. The molecule has 0 atom stereocenters. The lowest BCUT2D eigenvalue weighted by Crippen LogP contribution is -2.25. The largest absolute Gasteiger partial charge is 0.483 e. The average Bonchev–Trinajstić information content (AvgIpc) is 3.38. The van der Waals surface area contributed by atoms with Crippen molar-refractivity contribution >= 4 is 23.4 Å². The number of hydrogen-bond acceptors (Lipinski definition) is 5. The van der Waals surface area contributed by atoms with Crippen molar-refractivity contribution in [3.05, 3.63) is 54.2 Å². The Morgan fingerprint density at radius 3 is 3.03 bits per heavy atom. The molecule has 0 saturated heterocycles. The molecule has 0 radical (unpaired) electrons. The van der Waals surface area contributed by atoms with E-state index in [4.69, 9.17) is 9.47 Å². The summed E-state index contributed by atoms with van der Waals surface area (Å²) in [6, 6.07) is 13.5. The standard InChI is InChI=1S/C23H23N3O3S/c1-23(2)12-16-6-4-8-19(21(16)29-23)28-14-20(27)24-17-7-3-5-15(11-17)18-13-26-9-10-30-22(26)25-18/h3-8,11,13H,9-10,12,14H2,1-2H3,(H,24,27). The van der Waals surface area contributed by atoms with Gasteiger partial charge in [-0.3, -0.25) is 4.79 Å². The van der Waals surface area contributed by atoms with Crippen LogP contribution in [0.2, 0.25) is 0 Å². The number of carbonyl (C=O) groups excluding carboxylic acids is 1. The van der Waals surface area contributed by atoms with Gasteiger partial charge in [0.1, 0.15) is 5.60 Å². The van der Waals surface area contributed by atoms with Gasteiger partial charge < -0.3 is 19.4 Å². The minimum atomic E-state index is -0.254. The van der Waals surface area contributed by atoms with Crippen molar-refractivity contribution in [3.8, 4) is 22.8 Å². The highest BCUT2D eigenvalue weighted by Crippen LogP contribution is 2.41. The maximum Gasteiger partial charge on any atom is 0.262 e. The molecule has 1 aromatic heterocycles. The van der Waals surface area contributed by atoms with E-state index in [-0.39, 0.29) is 18.1 Å². The molecule has 154 valence electrons. The maximum atomic E-state index is 12.5. The van der Waals surface area contributed by atoms with E-state index in [2.05, 4.69) is 21.1 Å². The summed E-state index contributed by atoms with van der Waals surface area (Å²) in [4.78, 5) is 17.2. The number of imidazole rings is 1. The first kappa shape index (κ1) is 19.1. The van der Waals surface area contributed by atoms with Crippen LogP contribution in [0.15, 0.2) is 53.8 Å². The summed E-state index contributed by atoms with van der Waals surface area (Å²) in [6.45, 7) is 5.00. The summed E-state index contributed by atoms with van der Waals surface area (Å²) in [5, 5.41) is 3.96. The minimum Gasteiger partial charge on any atom is -0.483 e. The first-order valence-corrected chi connectivity index (χ1v) is 11.0. The third kappa shape index (κ3) is 3.77. The zero-order chi connectivity index (χ0) is 20.7. The predicted molar refractivity (Wildman–Crippen MR) is 117 cm³/mol. The van der Waals surface area contributed by atoms with Crippen LogP contribution in [-0.4, -0.2) is 33.4 Å². The first-order valence-electron chi connectivity index (χ1n) is 10.0. The molecule has 30 heavy (non-hydrogen) atoms. The van der Waals surface area contributed by atoms with Crippen LogP contribution in [-0.2, 0) is 17.8 Å². The summed E-state index contributed by atoms with van der Waals surface area (Å²) in [5.41, 5.74) is 3.47. The van der Waals surface area contributed by atoms with Crippen molar-refractivity contribution in [2.45, 2.75) is 37.6 Å². The summed E-state index contributed by atoms with van der Waals surface area (Å²) < 4.78 is 13.9. The third-order valence-corrected chi connectivity index (χ3v) is 6.13. The average molecular weight is 422 g/mol. The van der Waals surface area contributed by atoms with Crippen LogP contribution in [0.1, 0.15) is 19.4 Å². The third-order valence-electron chi connectivity index (χ3n) is 5.16. The number of anilines is 1. The molecule has 0 saturated carbocycles. The Kier molecular flexibility index (Phi) is 4.70. The Labute approximate surface area is 179 Å². The highest BCUT2D eigenvalue weighted by molar-refractivity contribution is 7.99. The van der Waals surface area contributed by atoms with Crippen molar-refractivity contribution in [2.24, 2.45) is 0 Å². The number of fused-ring (bicyclic) bond motifs is 2. The van der Waals surface area contributed by atoms with Crippen LogP contribution in [0.5, 0.6) is 11.5 Å². The minimum absolute atomic E-state index is 0.0834. The van der Waals surface area contributed by atoms with Gasteiger partial charge in [0.05, 0.1) is 5.69 Å². The zero-order valence-electron chi connectivity index (χ0n) is 17.0. The van der Waals surface area contributed by atoms with Crippen molar-refractivity contribution < 1.29 is 14.3 Å². The van der Waals surface area contributed by atoms with E-state index in [1.165, 1.54) is 0 Å². The van der Waals surface area contributed by atoms with E-state index >= 15 is 0 Å². The smallest absolute Gasteiger partial charge is 0.262 e. The monoisotopic (exact) mass is 421 g/mol. The van der Waals surface area contributed by atoms with Crippen LogP contribution in [0, 0.1) is 0 Å². The molecule has 1 amide bonds. The Morgan fingerprint density at radius 1 is 1.30 bits per heavy atom. The lowest BCUT2D eigenvalue weighted by Gasteiger charge is -2.18. The summed E-state index contributed by atoms with van der Waals surface area (Å²) >= 11 is 1.77. The Morgan fingerprint density at radius 2 is 2.17 bits per heavy atom. The fourth-order valence-corrected chi connectivity index (χ4v) is 4.79. The fourth-order valence-electron chi connectivity index (χ4n) is 3.85. The molecule has 0 spiro atoms. The molecule has 7 heteroatoms. The second kappa shape index (κ2) is 7.40. The molecule has 6 nitrogen and oxygen atoms in total. The number of rotatable bonds is 5. The number of nitrogens with one attached hydrogen (secondary N) is 1. The topological polar surface area (TPSA) is 65.4 Å². The molecular formula is C23H23N3O3S. The molecule has 0 aliphatic carbocycles. The van der Waals surface area contributed by atoms with Crippen LogP contribution in [0.25, 0.3) is 11.3 Å². The van der Waals surface area contributed by atoms with E-state index in [1.54, 1.807) is 11.8 Å². The summed E-state index contributed by atoms with van der Waals surface area (Å²) in [5.74, 6) is 2.20. The van der Waals surface area contributed by atoms with Crippen LogP contribution < -0.4 is 14.8 Å². The Balaban J connectivity index is 1.24. The molecule has 3 heterocycles. The van der Waals surface area contributed by atoms with E-state index in [0.717, 1.165) is 52.1 Å². The fraction of sp³-hybridized carbons (Fsp3) is 0.304. The van der Waals surface area contributed by atoms with Crippen molar-refractivity contribution in [1.82, 2.24) is 9.55 Å². The van der Waals surface area contributed by atoms with E-state index in [1.807, 2.05) is 56.3 Å². The van der Waals surface area contributed by atoms with Gasteiger partial charge in [0, 0.05) is 41.7 Å². The van der Waals surface area contributed by atoms with Gasteiger partial charge in [-0.15, -0.1) is 0 Å².